The first-order chi connectivity index (χ1) is 8.33. The summed E-state index contributed by atoms with van der Waals surface area (Å²) in [6, 6.07) is 6.15. The Balaban J connectivity index is 2.16. The standard InChI is InChI=1S/C12H17N3OS/c1-13-7-8-16-12(11-4-3-9-17-11)10-5-6-14-15(10)2/h3-6,9,12-13H,7-8H2,1-2H3. The summed E-state index contributed by atoms with van der Waals surface area (Å²) >= 11 is 1.71. The minimum Gasteiger partial charge on any atom is -0.365 e. The highest BCUT2D eigenvalue weighted by Gasteiger charge is 2.18. The van der Waals surface area contributed by atoms with Gasteiger partial charge in [-0.25, -0.2) is 0 Å². The Hall–Kier alpha value is -1.17. The van der Waals surface area contributed by atoms with E-state index >= 15 is 0 Å². The summed E-state index contributed by atoms with van der Waals surface area (Å²) in [5.41, 5.74) is 1.09. The van der Waals surface area contributed by atoms with E-state index < -0.39 is 0 Å². The second kappa shape index (κ2) is 5.95. The molecule has 0 radical (unpaired) electrons. The van der Waals surface area contributed by atoms with Gasteiger partial charge in [0.15, 0.2) is 0 Å². The summed E-state index contributed by atoms with van der Waals surface area (Å²) in [7, 11) is 3.87. The van der Waals surface area contributed by atoms with Crippen molar-refractivity contribution in [2.75, 3.05) is 20.2 Å². The van der Waals surface area contributed by atoms with Crippen molar-refractivity contribution >= 4 is 11.3 Å². The third kappa shape index (κ3) is 2.94. The second-order valence-electron chi connectivity index (χ2n) is 3.75. The highest BCUT2D eigenvalue weighted by molar-refractivity contribution is 7.10. The highest BCUT2D eigenvalue weighted by atomic mass is 32.1. The molecule has 0 aliphatic rings. The average molecular weight is 251 g/mol. The average Bonchev–Trinajstić information content (AvgIpc) is 2.96. The predicted molar refractivity (Wildman–Crippen MR) is 69.2 cm³/mol. The van der Waals surface area contributed by atoms with Crippen LogP contribution in [-0.4, -0.2) is 30.0 Å². The third-order valence-corrected chi connectivity index (χ3v) is 3.48. The molecule has 2 aromatic heterocycles. The molecule has 0 spiro atoms. The molecule has 2 heterocycles. The van der Waals surface area contributed by atoms with Gasteiger partial charge in [0.05, 0.1) is 12.3 Å². The maximum absolute atomic E-state index is 5.94. The zero-order valence-corrected chi connectivity index (χ0v) is 10.9. The van der Waals surface area contributed by atoms with Gasteiger partial charge in [-0.05, 0) is 24.6 Å². The van der Waals surface area contributed by atoms with Gasteiger partial charge in [-0.2, -0.15) is 5.10 Å². The molecule has 1 N–H and O–H groups in total. The number of hydrogen-bond acceptors (Lipinski definition) is 4. The van der Waals surface area contributed by atoms with Gasteiger partial charge in [0.25, 0.3) is 0 Å². The van der Waals surface area contributed by atoms with Crippen molar-refractivity contribution in [3.05, 3.63) is 40.3 Å². The first-order valence-electron chi connectivity index (χ1n) is 5.60. The number of thiophene rings is 1. The first-order valence-corrected chi connectivity index (χ1v) is 6.48. The minimum absolute atomic E-state index is 0.0177. The largest absolute Gasteiger partial charge is 0.365 e. The normalized spacial score (nSPS) is 12.8. The van der Waals surface area contributed by atoms with Crippen LogP contribution in [0.2, 0.25) is 0 Å². The van der Waals surface area contributed by atoms with E-state index in [2.05, 4.69) is 21.9 Å². The van der Waals surface area contributed by atoms with Gasteiger partial charge in [-0.15, -0.1) is 11.3 Å². The van der Waals surface area contributed by atoms with E-state index in [0.29, 0.717) is 6.61 Å². The lowest BCUT2D eigenvalue weighted by Gasteiger charge is -2.16. The van der Waals surface area contributed by atoms with Gasteiger partial charge in [0, 0.05) is 24.7 Å². The summed E-state index contributed by atoms with van der Waals surface area (Å²) < 4.78 is 7.80. The van der Waals surface area contributed by atoms with Crippen LogP contribution in [0.15, 0.2) is 29.8 Å². The Morgan fingerprint density at radius 3 is 3.00 bits per heavy atom. The molecule has 5 heteroatoms. The smallest absolute Gasteiger partial charge is 0.133 e. The molecule has 92 valence electrons. The molecule has 2 aromatic rings. The summed E-state index contributed by atoms with van der Waals surface area (Å²) in [5.74, 6) is 0. The van der Waals surface area contributed by atoms with E-state index in [1.54, 1.807) is 17.5 Å². The molecular weight excluding hydrogens is 234 g/mol. The maximum atomic E-state index is 5.94. The lowest BCUT2D eigenvalue weighted by molar-refractivity contribution is 0.0799. The number of aryl methyl sites for hydroxylation is 1. The van der Waals surface area contributed by atoms with Gasteiger partial charge in [0.1, 0.15) is 6.10 Å². The molecule has 2 rings (SSSR count). The van der Waals surface area contributed by atoms with Gasteiger partial charge >= 0.3 is 0 Å². The zero-order chi connectivity index (χ0) is 12.1. The van der Waals surface area contributed by atoms with Gasteiger partial charge in [0.2, 0.25) is 0 Å². The van der Waals surface area contributed by atoms with Gasteiger partial charge in [-0.1, -0.05) is 6.07 Å². The van der Waals surface area contributed by atoms with Crippen molar-refractivity contribution in [3.8, 4) is 0 Å². The Morgan fingerprint density at radius 1 is 1.53 bits per heavy atom. The number of aromatic nitrogens is 2. The quantitative estimate of drug-likeness (QED) is 0.796. The molecule has 17 heavy (non-hydrogen) atoms. The number of likely N-dealkylation sites (N-methyl/N-ethyl adjacent to an activating group) is 1. The van der Waals surface area contributed by atoms with Crippen molar-refractivity contribution in [2.45, 2.75) is 6.10 Å². The van der Waals surface area contributed by atoms with Crippen LogP contribution < -0.4 is 5.32 Å². The van der Waals surface area contributed by atoms with Crippen molar-refractivity contribution < 1.29 is 4.74 Å². The monoisotopic (exact) mass is 251 g/mol. The van der Waals surface area contributed by atoms with Crippen molar-refractivity contribution in [1.82, 2.24) is 15.1 Å². The van der Waals surface area contributed by atoms with Crippen LogP contribution in [0, 0.1) is 0 Å². The molecule has 0 aromatic carbocycles. The van der Waals surface area contributed by atoms with E-state index in [1.807, 2.05) is 30.9 Å². The number of nitrogens with one attached hydrogen (secondary N) is 1. The molecule has 1 unspecified atom stereocenters. The van der Waals surface area contributed by atoms with Crippen molar-refractivity contribution in [3.63, 3.8) is 0 Å². The molecule has 0 aliphatic heterocycles. The molecule has 0 saturated heterocycles. The van der Waals surface area contributed by atoms with E-state index in [0.717, 1.165) is 12.2 Å². The fourth-order valence-electron chi connectivity index (χ4n) is 1.67. The van der Waals surface area contributed by atoms with Crippen molar-refractivity contribution in [1.29, 1.82) is 0 Å². The summed E-state index contributed by atoms with van der Waals surface area (Å²) in [6.07, 6.45) is 1.79. The van der Waals surface area contributed by atoms with Crippen LogP contribution >= 0.6 is 11.3 Å². The summed E-state index contributed by atoms with van der Waals surface area (Å²) in [4.78, 5) is 1.21. The Bertz CT molecular complexity index is 438. The lowest BCUT2D eigenvalue weighted by atomic mass is 10.2. The maximum Gasteiger partial charge on any atom is 0.133 e. The number of hydrogen-bond donors (Lipinski definition) is 1. The molecule has 4 nitrogen and oxygen atoms in total. The van der Waals surface area contributed by atoms with Crippen LogP contribution in [0.25, 0.3) is 0 Å². The molecule has 0 fully saturated rings. The van der Waals surface area contributed by atoms with Crippen LogP contribution in [0.1, 0.15) is 16.7 Å². The van der Waals surface area contributed by atoms with E-state index in [9.17, 15) is 0 Å². The Morgan fingerprint density at radius 2 is 2.41 bits per heavy atom. The van der Waals surface area contributed by atoms with E-state index in [-0.39, 0.29) is 6.10 Å². The summed E-state index contributed by atoms with van der Waals surface area (Å²) in [6.45, 7) is 1.53. The number of nitrogens with zero attached hydrogens (tertiary/aromatic N) is 2. The molecule has 0 saturated carbocycles. The van der Waals surface area contributed by atoms with Crippen LogP contribution in [0.4, 0.5) is 0 Å². The fraction of sp³-hybridized carbons (Fsp3) is 0.417. The van der Waals surface area contributed by atoms with E-state index in [4.69, 9.17) is 4.74 Å². The molecule has 0 bridgehead atoms. The molecule has 0 aliphatic carbocycles. The summed E-state index contributed by atoms with van der Waals surface area (Å²) in [5, 5.41) is 9.36. The molecular formula is C12H17N3OS. The highest BCUT2D eigenvalue weighted by Crippen LogP contribution is 2.28. The molecule has 0 amide bonds. The molecule has 1 atom stereocenters. The van der Waals surface area contributed by atoms with E-state index in [1.165, 1.54) is 4.88 Å². The van der Waals surface area contributed by atoms with Gasteiger partial charge < -0.3 is 10.1 Å². The topological polar surface area (TPSA) is 39.1 Å². The Kier molecular flexibility index (Phi) is 4.30. The zero-order valence-electron chi connectivity index (χ0n) is 10.1. The minimum atomic E-state index is -0.0177. The van der Waals surface area contributed by atoms with Crippen LogP contribution in [0.5, 0.6) is 0 Å². The third-order valence-electron chi connectivity index (χ3n) is 2.57. The first kappa shape index (κ1) is 12.3. The van der Waals surface area contributed by atoms with Crippen LogP contribution in [-0.2, 0) is 11.8 Å². The predicted octanol–water partition coefficient (Wildman–Crippen LogP) is 1.81. The van der Waals surface area contributed by atoms with Crippen LogP contribution in [0.3, 0.4) is 0 Å². The van der Waals surface area contributed by atoms with Crippen molar-refractivity contribution in [2.24, 2.45) is 7.05 Å². The lowest BCUT2D eigenvalue weighted by Crippen LogP contribution is -2.18. The number of ether oxygens (including phenoxy) is 1. The Labute approximate surface area is 105 Å². The SMILES string of the molecule is CNCCOC(c1cccs1)c1ccnn1C. The van der Waals surface area contributed by atoms with Gasteiger partial charge in [-0.3, -0.25) is 4.68 Å². The number of rotatable bonds is 6. The fourth-order valence-corrected chi connectivity index (χ4v) is 2.46. The second-order valence-corrected chi connectivity index (χ2v) is 4.73.